The molecule has 1 aromatic carbocycles. The van der Waals surface area contributed by atoms with Crippen LogP contribution in [0, 0.1) is 0 Å². The zero-order chi connectivity index (χ0) is 18.1. The Balaban J connectivity index is 1.47. The number of H-pyrrole nitrogens is 1. The maximum Gasteiger partial charge on any atom is 0.292 e. The van der Waals surface area contributed by atoms with Crippen LogP contribution in [0.3, 0.4) is 0 Å². The molecule has 0 unspecified atom stereocenters. The van der Waals surface area contributed by atoms with Gasteiger partial charge in [-0.3, -0.25) is 4.79 Å². The second kappa shape index (κ2) is 6.74. The van der Waals surface area contributed by atoms with Crippen LogP contribution in [-0.4, -0.2) is 48.3 Å². The van der Waals surface area contributed by atoms with Crippen LogP contribution in [0.2, 0.25) is 0 Å². The molecule has 26 heavy (non-hydrogen) atoms. The molecule has 1 aliphatic heterocycles. The van der Waals surface area contributed by atoms with E-state index in [0.717, 1.165) is 24.1 Å². The highest BCUT2D eigenvalue weighted by Gasteiger charge is 2.28. The van der Waals surface area contributed by atoms with Gasteiger partial charge in [-0.25, -0.2) is 0 Å². The summed E-state index contributed by atoms with van der Waals surface area (Å²) in [7, 11) is 3.17. The van der Waals surface area contributed by atoms with Crippen molar-refractivity contribution in [2.45, 2.75) is 18.8 Å². The van der Waals surface area contributed by atoms with Crippen LogP contribution in [0.4, 0.5) is 0 Å². The van der Waals surface area contributed by atoms with Gasteiger partial charge >= 0.3 is 0 Å². The Bertz CT molecular complexity index is 922. The van der Waals surface area contributed by atoms with Crippen molar-refractivity contribution < 1.29 is 18.8 Å². The Morgan fingerprint density at radius 2 is 2.04 bits per heavy atom. The second-order valence-corrected chi connectivity index (χ2v) is 6.46. The van der Waals surface area contributed by atoms with Crippen LogP contribution in [0.1, 0.15) is 34.9 Å². The Morgan fingerprint density at radius 1 is 1.23 bits per heavy atom. The minimum Gasteiger partial charge on any atom is -0.497 e. The lowest BCUT2D eigenvalue weighted by Crippen LogP contribution is -2.37. The number of rotatable bonds is 4. The number of hydrogen-bond acceptors (Lipinski definition) is 5. The fraction of sp³-hybridized carbons (Fsp3) is 0.368. The van der Waals surface area contributed by atoms with Gasteiger partial charge in [0.05, 0.1) is 20.3 Å². The zero-order valence-electron chi connectivity index (χ0n) is 14.8. The Hall–Kier alpha value is -2.96. The van der Waals surface area contributed by atoms with E-state index in [0.29, 0.717) is 24.9 Å². The fourth-order valence-electron chi connectivity index (χ4n) is 3.59. The molecule has 0 saturated carbocycles. The van der Waals surface area contributed by atoms with Gasteiger partial charge in [0, 0.05) is 30.2 Å². The molecular weight excluding hydrogens is 334 g/mol. The standard InChI is InChI=1S/C19H21N3O4/c1-24-13-3-4-16-14(9-13)15(11-20-16)12-5-7-22(8-6-12)19(23)17-10-18(25-2)21-26-17/h3-4,9-12,20H,5-8H2,1-2H3. The molecule has 3 aromatic rings. The summed E-state index contributed by atoms with van der Waals surface area (Å²) in [6.45, 7) is 1.37. The first-order chi connectivity index (χ1) is 12.7. The number of benzene rings is 1. The number of piperidine rings is 1. The van der Waals surface area contributed by atoms with Crippen LogP contribution in [0.15, 0.2) is 35.0 Å². The lowest BCUT2D eigenvalue weighted by molar-refractivity contribution is 0.0671. The van der Waals surface area contributed by atoms with Crippen LogP contribution >= 0.6 is 0 Å². The maximum atomic E-state index is 12.5. The molecular formula is C19H21N3O4. The highest BCUT2D eigenvalue weighted by Crippen LogP contribution is 2.35. The number of carbonyl (C=O) groups excluding carboxylic acids is 1. The van der Waals surface area contributed by atoms with Gasteiger partial charge in [-0.1, -0.05) is 0 Å². The first-order valence-corrected chi connectivity index (χ1v) is 8.64. The minimum atomic E-state index is -0.139. The summed E-state index contributed by atoms with van der Waals surface area (Å²) in [4.78, 5) is 17.7. The van der Waals surface area contributed by atoms with Crippen LogP contribution in [0.25, 0.3) is 10.9 Å². The molecule has 136 valence electrons. The van der Waals surface area contributed by atoms with Gasteiger partial charge in [-0.05, 0) is 47.7 Å². The largest absolute Gasteiger partial charge is 0.497 e. The summed E-state index contributed by atoms with van der Waals surface area (Å²) >= 11 is 0. The smallest absolute Gasteiger partial charge is 0.292 e. The predicted octanol–water partition coefficient (Wildman–Crippen LogP) is 3.19. The molecule has 3 heterocycles. The Labute approximate surface area is 150 Å². The molecule has 0 aliphatic carbocycles. The molecule has 0 bridgehead atoms. The monoisotopic (exact) mass is 355 g/mol. The first-order valence-electron chi connectivity index (χ1n) is 8.64. The third-order valence-electron chi connectivity index (χ3n) is 5.05. The zero-order valence-corrected chi connectivity index (χ0v) is 14.8. The van der Waals surface area contributed by atoms with E-state index < -0.39 is 0 Å². The quantitative estimate of drug-likeness (QED) is 0.777. The van der Waals surface area contributed by atoms with E-state index in [9.17, 15) is 4.79 Å². The van der Waals surface area contributed by atoms with E-state index in [-0.39, 0.29) is 11.7 Å². The van der Waals surface area contributed by atoms with Crippen LogP contribution < -0.4 is 9.47 Å². The van der Waals surface area contributed by atoms with Crippen LogP contribution in [-0.2, 0) is 0 Å². The van der Waals surface area contributed by atoms with Gasteiger partial charge in [0.15, 0.2) is 0 Å². The number of fused-ring (bicyclic) bond motifs is 1. The van der Waals surface area contributed by atoms with Crippen molar-refractivity contribution in [3.05, 3.63) is 41.8 Å². The summed E-state index contributed by atoms with van der Waals surface area (Å²) in [5.74, 6) is 1.65. The third-order valence-corrected chi connectivity index (χ3v) is 5.05. The summed E-state index contributed by atoms with van der Waals surface area (Å²) in [5.41, 5.74) is 2.39. The van der Waals surface area contributed by atoms with E-state index in [1.54, 1.807) is 7.11 Å². The number of nitrogens with one attached hydrogen (secondary N) is 1. The molecule has 2 aromatic heterocycles. The highest BCUT2D eigenvalue weighted by molar-refractivity contribution is 5.91. The number of methoxy groups -OCH3 is 2. The lowest BCUT2D eigenvalue weighted by atomic mass is 9.89. The van der Waals surface area contributed by atoms with Gasteiger partial charge in [0.2, 0.25) is 5.76 Å². The van der Waals surface area contributed by atoms with E-state index in [2.05, 4.69) is 22.4 Å². The van der Waals surface area contributed by atoms with Crippen molar-refractivity contribution in [3.8, 4) is 11.6 Å². The average Bonchev–Trinajstić information content (AvgIpc) is 3.34. The summed E-state index contributed by atoms with van der Waals surface area (Å²) < 4.78 is 15.4. The molecule has 7 nitrogen and oxygen atoms in total. The highest BCUT2D eigenvalue weighted by atomic mass is 16.5. The molecule has 0 atom stereocenters. The van der Waals surface area contributed by atoms with Crippen molar-refractivity contribution >= 4 is 16.8 Å². The molecule has 1 saturated heterocycles. The number of carbonyl (C=O) groups is 1. The summed E-state index contributed by atoms with van der Waals surface area (Å²) in [6.07, 6.45) is 3.88. The lowest BCUT2D eigenvalue weighted by Gasteiger charge is -2.31. The predicted molar refractivity (Wildman–Crippen MR) is 95.8 cm³/mol. The third kappa shape index (κ3) is 2.89. The first kappa shape index (κ1) is 16.5. The average molecular weight is 355 g/mol. The maximum absolute atomic E-state index is 12.5. The number of hydrogen-bond donors (Lipinski definition) is 1. The molecule has 1 N–H and O–H groups in total. The van der Waals surface area contributed by atoms with E-state index in [1.165, 1.54) is 24.1 Å². The minimum absolute atomic E-state index is 0.139. The van der Waals surface area contributed by atoms with Crippen molar-refractivity contribution in [1.29, 1.82) is 0 Å². The van der Waals surface area contributed by atoms with Gasteiger partial charge in [0.25, 0.3) is 11.8 Å². The molecule has 1 aliphatic rings. The number of aromatic nitrogens is 2. The topological polar surface area (TPSA) is 80.6 Å². The fourth-order valence-corrected chi connectivity index (χ4v) is 3.59. The normalized spacial score (nSPS) is 15.4. The van der Waals surface area contributed by atoms with Crippen molar-refractivity contribution in [2.75, 3.05) is 27.3 Å². The van der Waals surface area contributed by atoms with E-state index >= 15 is 0 Å². The SMILES string of the molecule is COc1ccc2[nH]cc(C3CCN(C(=O)c4cc(OC)no4)CC3)c2c1. The summed E-state index contributed by atoms with van der Waals surface area (Å²) in [6, 6.07) is 7.59. The summed E-state index contributed by atoms with van der Waals surface area (Å²) in [5, 5.41) is 4.88. The molecule has 4 rings (SSSR count). The van der Waals surface area contributed by atoms with Gasteiger partial charge in [-0.15, -0.1) is 0 Å². The molecule has 1 fully saturated rings. The Kier molecular flexibility index (Phi) is 4.28. The van der Waals surface area contributed by atoms with E-state index in [1.807, 2.05) is 17.0 Å². The second-order valence-electron chi connectivity index (χ2n) is 6.46. The van der Waals surface area contributed by atoms with E-state index in [4.69, 9.17) is 14.0 Å². The number of amides is 1. The molecule has 7 heteroatoms. The van der Waals surface area contributed by atoms with Gasteiger partial charge < -0.3 is 23.9 Å². The molecule has 1 amide bonds. The van der Waals surface area contributed by atoms with Crippen molar-refractivity contribution in [1.82, 2.24) is 15.0 Å². The van der Waals surface area contributed by atoms with Crippen molar-refractivity contribution in [2.24, 2.45) is 0 Å². The molecule has 0 radical (unpaired) electrons. The number of likely N-dealkylation sites (tertiary alicyclic amines) is 1. The number of aromatic amines is 1. The van der Waals surface area contributed by atoms with Gasteiger partial charge in [0.1, 0.15) is 5.75 Å². The van der Waals surface area contributed by atoms with Gasteiger partial charge in [-0.2, -0.15) is 0 Å². The Morgan fingerprint density at radius 3 is 2.73 bits per heavy atom. The van der Waals surface area contributed by atoms with Crippen molar-refractivity contribution in [3.63, 3.8) is 0 Å². The van der Waals surface area contributed by atoms with Crippen LogP contribution in [0.5, 0.6) is 11.6 Å². The number of nitrogens with zero attached hydrogens (tertiary/aromatic N) is 2. The number of ether oxygens (including phenoxy) is 2. The molecule has 0 spiro atoms.